The maximum Gasteiger partial charge on any atom is 0.347 e. The van der Waals surface area contributed by atoms with E-state index in [1.807, 2.05) is 11.4 Å². The molecule has 0 aromatic carbocycles. The average Bonchev–Trinajstić information content (AvgIpc) is 2.88. The number of hydrogen-bond acceptors (Lipinski definition) is 5. The number of anilines is 1. The van der Waals surface area contributed by atoms with Gasteiger partial charge in [-0.2, -0.15) is 0 Å². The molecule has 0 unspecified atom stereocenters. The summed E-state index contributed by atoms with van der Waals surface area (Å²) in [5, 5.41) is 14.8. The summed E-state index contributed by atoms with van der Waals surface area (Å²) in [5.74, 6) is -0.911. The van der Waals surface area contributed by atoms with Crippen LogP contribution < -0.4 is 5.32 Å². The summed E-state index contributed by atoms with van der Waals surface area (Å²) < 4.78 is 0. The summed E-state index contributed by atoms with van der Waals surface area (Å²) in [6.07, 6.45) is 0.929. The van der Waals surface area contributed by atoms with Gasteiger partial charge in [-0.25, -0.2) is 9.78 Å². The van der Waals surface area contributed by atoms with Crippen molar-refractivity contribution < 1.29 is 9.90 Å². The van der Waals surface area contributed by atoms with Gasteiger partial charge in [0.15, 0.2) is 5.13 Å². The van der Waals surface area contributed by atoms with Crippen molar-refractivity contribution in [2.75, 3.05) is 11.9 Å². The Morgan fingerprint density at radius 1 is 1.59 bits per heavy atom. The molecule has 0 saturated heterocycles. The van der Waals surface area contributed by atoms with Crippen LogP contribution in [0.25, 0.3) is 0 Å². The third kappa shape index (κ3) is 3.04. The van der Waals surface area contributed by atoms with E-state index in [-0.39, 0.29) is 0 Å². The second-order valence-corrected chi connectivity index (χ2v) is 5.53. The van der Waals surface area contributed by atoms with E-state index in [2.05, 4.69) is 16.4 Å². The molecule has 0 radical (unpaired) electrons. The number of rotatable bonds is 5. The average molecular weight is 268 g/mol. The number of aryl methyl sites for hydroxylation is 1. The molecular formula is C11H12N2O2S2. The first-order valence-corrected chi connectivity index (χ1v) is 6.83. The van der Waals surface area contributed by atoms with Gasteiger partial charge < -0.3 is 10.4 Å². The number of thiophene rings is 1. The number of carbonyl (C=O) groups is 1. The number of carboxylic acids is 1. The van der Waals surface area contributed by atoms with E-state index in [1.54, 1.807) is 18.3 Å². The second kappa shape index (κ2) is 5.29. The summed E-state index contributed by atoms with van der Waals surface area (Å²) in [6, 6.07) is 4.11. The third-order valence-corrected chi connectivity index (χ3v) is 4.26. The van der Waals surface area contributed by atoms with Crippen molar-refractivity contribution >= 4 is 33.8 Å². The summed E-state index contributed by atoms with van der Waals surface area (Å²) in [6.45, 7) is 2.48. The maximum atomic E-state index is 10.8. The van der Waals surface area contributed by atoms with Crippen LogP contribution in [0.5, 0.6) is 0 Å². The first-order chi connectivity index (χ1) is 8.16. The highest BCUT2D eigenvalue weighted by molar-refractivity contribution is 7.17. The van der Waals surface area contributed by atoms with E-state index < -0.39 is 5.97 Å². The van der Waals surface area contributed by atoms with Gasteiger partial charge in [0.05, 0.1) is 5.69 Å². The highest BCUT2D eigenvalue weighted by Gasteiger charge is 2.13. The standard InChI is InChI=1S/C11H12N2O2S2/c1-7-9(10(14)15)17-11(13-7)12-5-4-8-3-2-6-16-8/h2-3,6H,4-5H2,1H3,(H,12,13)(H,14,15). The van der Waals surface area contributed by atoms with Crippen LogP contribution in [0.15, 0.2) is 17.5 Å². The van der Waals surface area contributed by atoms with Crippen molar-refractivity contribution in [2.45, 2.75) is 13.3 Å². The molecule has 0 spiro atoms. The number of thiazole rings is 1. The summed E-state index contributed by atoms with van der Waals surface area (Å²) in [5.41, 5.74) is 0.570. The van der Waals surface area contributed by atoms with Crippen molar-refractivity contribution in [1.82, 2.24) is 4.98 Å². The van der Waals surface area contributed by atoms with Crippen LogP contribution in [-0.2, 0) is 6.42 Å². The van der Waals surface area contributed by atoms with Gasteiger partial charge in [0.2, 0.25) is 0 Å². The van der Waals surface area contributed by atoms with Gasteiger partial charge in [0.25, 0.3) is 0 Å². The SMILES string of the molecule is Cc1nc(NCCc2cccs2)sc1C(=O)O. The molecule has 0 bridgehead atoms. The number of nitrogens with zero attached hydrogens (tertiary/aromatic N) is 1. The fourth-order valence-electron chi connectivity index (χ4n) is 1.42. The highest BCUT2D eigenvalue weighted by atomic mass is 32.1. The molecule has 0 saturated carbocycles. The first kappa shape index (κ1) is 12.1. The van der Waals surface area contributed by atoms with Crippen molar-refractivity contribution in [3.63, 3.8) is 0 Å². The topological polar surface area (TPSA) is 62.2 Å². The molecule has 4 nitrogen and oxygen atoms in total. The normalized spacial score (nSPS) is 10.4. The molecule has 90 valence electrons. The highest BCUT2D eigenvalue weighted by Crippen LogP contribution is 2.22. The number of aromatic nitrogens is 1. The van der Waals surface area contributed by atoms with E-state index in [9.17, 15) is 4.79 Å². The van der Waals surface area contributed by atoms with Crippen LogP contribution in [0.1, 0.15) is 20.2 Å². The Morgan fingerprint density at radius 2 is 2.41 bits per heavy atom. The van der Waals surface area contributed by atoms with Crippen molar-refractivity contribution in [2.24, 2.45) is 0 Å². The van der Waals surface area contributed by atoms with Gasteiger partial charge in [0, 0.05) is 11.4 Å². The zero-order valence-corrected chi connectivity index (χ0v) is 10.9. The molecule has 2 aromatic heterocycles. The quantitative estimate of drug-likeness (QED) is 0.875. The molecule has 2 aromatic rings. The molecule has 0 aliphatic carbocycles. The smallest absolute Gasteiger partial charge is 0.347 e. The van der Waals surface area contributed by atoms with Crippen molar-refractivity contribution in [3.8, 4) is 0 Å². The van der Waals surface area contributed by atoms with Gasteiger partial charge in [-0.1, -0.05) is 17.4 Å². The molecule has 0 aliphatic heterocycles. The van der Waals surface area contributed by atoms with Crippen LogP contribution in [0.3, 0.4) is 0 Å². The minimum absolute atomic E-state index is 0.309. The molecule has 2 heterocycles. The molecule has 0 fully saturated rings. The predicted molar refractivity (Wildman–Crippen MR) is 70.3 cm³/mol. The van der Waals surface area contributed by atoms with Crippen molar-refractivity contribution in [3.05, 3.63) is 33.0 Å². The zero-order valence-electron chi connectivity index (χ0n) is 9.27. The lowest BCUT2D eigenvalue weighted by Gasteiger charge is -1.99. The third-order valence-electron chi connectivity index (χ3n) is 2.22. The lowest BCUT2D eigenvalue weighted by atomic mass is 10.3. The molecular weight excluding hydrogens is 256 g/mol. The fraction of sp³-hybridized carbons (Fsp3) is 0.273. The van der Waals surface area contributed by atoms with Gasteiger partial charge in [-0.05, 0) is 24.8 Å². The zero-order chi connectivity index (χ0) is 12.3. The molecule has 2 rings (SSSR count). The van der Waals surface area contributed by atoms with Crippen LogP contribution in [0.4, 0.5) is 5.13 Å². The Balaban J connectivity index is 1.91. The van der Waals surface area contributed by atoms with Crippen molar-refractivity contribution in [1.29, 1.82) is 0 Å². The Morgan fingerprint density at radius 3 is 3.00 bits per heavy atom. The molecule has 0 atom stereocenters. The van der Waals surface area contributed by atoms with Gasteiger partial charge >= 0.3 is 5.97 Å². The predicted octanol–water partition coefficient (Wildman–Crippen LogP) is 2.87. The molecule has 17 heavy (non-hydrogen) atoms. The van der Waals surface area contributed by atoms with Crippen LogP contribution >= 0.6 is 22.7 Å². The fourth-order valence-corrected chi connectivity index (χ4v) is 2.96. The summed E-state index contributed by atoms with van der Waals surface area (Å²) in [4.78, 5) is 16.6. The van der Waals surface area contributed by atoms with Gasteiger partial charge in [-0.3, -0.25) is 0 Å². The Bertz CT molecular complexity index is 506. The minimum atomic E-state index is -0.911. The molecule has 0 aliphatic rings. The molecule has 0 amide bonds. The van der Waals surface area contributed by atoms with E-state index in [0.717, 1.165) is 13.0 Å². The Hall–Kier alpha value is -1.40. The maximum absolute atomic E-state index is 10.8. The van der Waals surface area contributed by atoms with E-state index in [0.29, 0.717) is 15.7 Å². The van der Waals surface area contributed by atoms with E-state index in [1.165, 1.54) is 16.2 Å². The Kier molecular flexibility index (Phi) is 3.75. The minimum Gasteiger partial charge on any atom is -0.477 e. The number of aromatic carboxylic acids is 1. The number of hydrogen-bond donors (Lipinski definition) is 2. The molecule has 6 heteroatoms. The van der Waals surface area contributed by atoms with Crippen LogP contribution in [-0.4, -0.2) is 22.6 Å². The molecule has 2 N–H and O–H groups in total. The largest absolute Gasteiger partial charge is 0.477 e. The second-order valence-electron chi connectivity index (χ2n) is 3.49. The number of nitrogens with one attached hydrogen (secondary N) is 1. The van der Waals surface area contributed by atoms with Crippen LogP contribution in [0.2, 0.25) is 0 Å². The summed E-state index contributed by atoms with van der Waals surface area (Å²) in [7, 11) is 0. The Labute approximate surface area is 107 Å². The van der Waals surface area contributed by atoms with E-state index >= 15 is 0 Å². The lowest BCUT2D eigenvalue weighted by molar-refractivity contribution is 0.0701. The monoisotopic (exact) mass is 268 g/mol. The van der Waals surface area contributed by atoms with Crippen LogP contribution in [0, 0.1) is 6.92 Å². The van der Waals surface area contributed by atoms with Gasteiger partial charge in [-0.15, -0.1) is 11.3 Å². The van der Waals surface area contributed by atoms with E-state index in [4.69, 9.17) is 5.11 Å². The number of carboxylic acid groups (broad SMARTS) is 1. The first-order valence-electron chi connectivity index (χ1n) is 5.14. The lowest BCUT2D eigenvalue weighted by Crippen LogP contribution is -2.03. The van der Waals surface area contributed by atoms with Gasteiger partial charge in [0.1, 0.15) is 4.88 Å². The summed E-state index contributed by atoms with van der Waals surface area (Å²) >= 11 is 2.91.